The van der Waals surface area contributed by atoms with Crippen LogP contribution in [0.5, 0.6) is 0 Å². The van der Waals surface area contributed by atoms with Crippen molar-refractivity contribution in [3.8, 4) is 0 Å². The quantitative estimate of drug-likeness (QED) is 0.173. The normalized spacial score (nSPS) is 14.7. The molecule has 4 unspecified atom stereocenters. The van der Waals surface area contributed by atoms with Gasteiger partial charge in [0, 0.05) is 18.3 Å². The summed E-state index contributed by atoms with van der Waals surface area (Å²) in [5, 5.41) is 25.7. The minimum Gasteiger partial charge on any atom is -0.481 e. The first-order valence-corrected chi connectivity index (χ1v) is 10.9. The number of aromatic amines is 1. The fourth-order valence-corrected chi connectivity index (χ4v) is 3.14. The summed E-state index contributed by atoms with van der Waals surface area (Å²) in [6, 6.07) is -4.93. The van der Waals surface area contributed by atoms with Crippen LogP contribution in [0, 0.1) is 11.8 Å². The van der Waals surface area contributed by atoms with Crippen LogP contribution < -0.4 is 21.7 Å². The molecule has 1 aromatic rings. The number of aliphatic carboxylic acids is 2. The maximum atomic E-state index is 12.9. The molecule has 0 spiro atoms. The number of rotatable bonds is 14. The maximum absolute atomic E-state index is 12.9. The molecule has 8 N–H and O–H groups in total. The summed E-state index contributed by atoms with van der Waals surface area (Å²) in [4.78, 5) is 67.6. The number of hydrogen-bond acceptors (Lipinski definition) is 7. The zero-order valence-electron chi connectivity index (χ0n) is 19.7. The molecule has 13 nitrogen and oxygen atoms in total. The average molecular weight is 483 g/mol. The van der Waals surface area contributed by atoms with Gasteiger partial charge in [0.2, 0.25) is 17.7 Å². The topological polar surface area (TPSA) is 217 Å². The number of carbonyl (C=O) groups is 5. The summed E-state index contributed by atoms with van der Waals surface area (Å²) in [5.74, 6) is -5.35. The summed E-state index contributed by atoms with van der Waals surface area (Å²) >= 11 is 0. The molecule has 34 heavy (non-hydrogen) atoms. The van der Waals surface area contributed by atoms with E-state index in [4.69, 9.17) is 5.73 Å². The van der Waals surface area contributed by atoms with Gasteiger partial charge in [0.15, 0.2) is 0 Å². The predicted octanol–water partition coefficient (Wildman–Crippen LogP) is -1.00. The molecular formula is C21H34N6O7. The lowest BCUT2D eigenvalue weighted by atomic mass is 10.0. The van der Waals surface area contributed by atoms with Gasteiger partial charge in [-0.3, -0.25) is 19.2 Å². The molecule has 4 atom stereocenters. The van der Waals surface area contributed by atoms with Gasteiger partial charge in [0.05, 0.1) is 18.8 Å². The summed E-state index contributed by atoms with van der Waals surface area (Å²) in [5.41, 5.74) is 6.29. The van der Waals surface area contributed by atoms with Crippen LogP contribution in [0.1, 0.15) is 46.2 Å². The van der Waals surface area contributed by atoms with E-state index in [1.54, 1.807) is 13.8 Å². The van der Waals surface area contributed by atoms with Gasteiger partial charge < -0.3 is 36.9 Å². The molecule has 190 valence electrons. The highest BCUT2D eigenvalue weighted by Crippen LogP contribution is 2.07. The fraction of sp³-hybridized carbons (Fsp3) is 0.619. The Hall–Kier alpha value is -3.48. The Morgan fingerprint density at radius 2 is 1.56 bits per heavy atom. The van der Waals surface area contributed by atoms with Gasteiger partial charge in [0.25, 0.3) is 0 Å². The van der Waals surface area contributed by atoms with Gasteiger partial charge >= 0.3 is 11.9 Å². The Bertz CT molecular complexity index is 856. The zero-order valence-corrected chi connectivity index (χ0v) is 19.7. The van der Waals surface area contributed by atoms with E-state index in [-0.39, 0.29) is 12.3 Å². The minimum atomic E-state index is -1.50. The van der Waals surface area contributed by atoms with Crippen LogP contribution in [0.4, 0.5) is 0 Å². The van der Waals surface area contributed by atoms with Crippen molar-refractivity contribution in [1.82, 2.24) is 25.9 Å². The number of H-pyrrole nitrogens is 1. The molecule has 0 aromatic carbocycles. The van der Waals surface area contributed by atoms with E-state index >= 15 is 0 Å². The Morgan fingerprint density at radius 3 is 2.03 bits per heavy atom. The van der Waals surface area contributed by atoms with Crippen molar-refractivity contribution in [2.45, 2.75) is 71.1 Å². The maximum Gasteiger partial charge on any atom is 0.326 e. The summed E-state index contributed by atoms with van der Waals surface area (Å²) in [7, 11) is 0. The second-order valence-corrected chi connectivity index (χ2v) is 8.81. The molecule has 0 aliphatic heterocycles. The van der Waals surface area contributed by atoms with E-state index in [1.807, 2.05) is 13.8 Å². The second kappa shape index (κ2) is 13.3. The van der Waals surface area contributed by atoms with Gasteiger partial charge in [-0.15, -0.1) is 0 Å². The Balaban J connectivity index is 3.07. The second-order valence-electron chi connectivity index (χ2n) is 8.81. The first-order chi connectivity index (χ1) is 15.8. The van der Waals surface area contributed by atoms with E-state index in [0.717, 1.165) is 0 Å². The van der Waals surface area contributed by atoms with Crippen LogP contribution in [-0.4, -0.2) is 74.0 Å². The van der Waals surface area contributed by atoms with Gasteiger partial charge in [0.1, 0.15) is 18.1 Å². The van der Waals surface area contributed by atoms with Crippen molar-refractivity contribution < 1.29 is 34.2 Å². The summed E-state index contributed by atoms with van der Waals surface area (Å²) in [6.07, 6.45) is 2.29. The fourth-order valence-electron chi connectivity index (χ4n) is 3.14. The van der Waals surface area contributed by atoms with Crippen LogP contribution in [0.2, 0.25) is 0 Å². The molecule has 0 aliphatic rings. The molecule has 0 bridgehead atoms. The van der Waals surface area contributed by atoms with E-state index in [2.05, 4.69) is 25.9 Å². The molecular weight excluding hydrogens is 448 g/mol. The molecule has 0 aliphatic carbocycles. The van der Waals surface area contributed by atoms with E-state index in [0.29, 0.717) is 12.1 Å². The molecule has 0 saturated heterocycles. The van der Waals surface area contributed by atoms with Crippen molar-refractivity contribution in [3.63, 3.8) is 0 Å². The lowest BCUT2D eigenvalue weighted by Gasteiger charge is -2.25. The van der Waals surface area contributed by atoms with Crippen molar-refractivity contribution in [1.29, 1.82) is 0 Å². The Labute approximate surface area is 197 Å². The first kappa shape index (κ1) is 28.6. The third kappa shape index (κ3) is 9.57. The Morgan fingerprint density at radius 1 is 0.971 bits per heavy atom. The Kier molecular flexibility index (Phi) is 11.2. The lowest BCUT2D eigenvalue weighted by Crippen LogP contribution is -2.58. The predicted molar refractivity (Wildman–Crippen MR) is 120 cm³/mol. The SMILES string of the molecule is CC(C)CC(N)C(=O)NC(CC(=O)O)C(=O)NC(Cc1cnc[nH]1)C(=O)NC(C(=O)O)C(C)C. The highest BCUT2D eigenvalue weighted by molar-refractivity contribution is 5.95. The van der Waals surface area contributed by atoms with Gasteiger partial charge in [-0.2, -0.15) is 0 Å². The average Bonchev–Trinajstić information content (AvgIpc) is 3.22. The van der Waals surface area contributed by atoms with Crippen LogP contribution >= 0.6 is 0 Å². The number of carboxylic acids is 2. The van der Waals surface area contributed by atoms with Crippen molar-refractivity contribution in [3.05, 3.63) is 18.2 Å². The molecule has 3 amide bonds. The van der Waals surface area contributed by atoms with Crippen molar-refractivity contribution in [2.24, 2.45) is 17.6 Å². The highest BCUT2D eigenvalue weighted by atomic mass is 16.4. The molecule has 1 rings (SSSR count). The van der Waals surface area contributed by atoms with Gasteiger partial charge in [-0.1, -0.05) is 27.7 Å². The van der Waals surface area contributed by atoms with E-state index < -0.39 is 66.2 Å². The van der Waals surface area contributed by atoms with Crippen LogP contribution in [0.25, 0.3) is 0 Å². The van der Waals surface area contributed by atoms with Crippen molar-refractivity contribution >= 4 is 29.7 Å². The third-order valence-corrected chi connectivity index (χ3v) is 4.92. The van der Waals surface area contributed by atoms with Gasteiger partial charge in [-0.25, -0.2) is 9.78 Å². The minimum absolute atomic E-state index is 0.0807. The van der Waals surface area contributed by atoms with E-state index in [9.17, 15) is 34.2 Å². The zero-order chi connectivity index (χ0) is 26.0. The number of nitrogens with one attached hydrogen (secondary N) is 4. The van der Waals surface area contributed by atoms with E-state index in [1.165, 1.54) is 12.5 Å². The molecule has 1 aromatic heterocycles. The number of nitrogens with two attached hydrogens (primary N) is 1. The molecule has 0 saturated carbocycles. The van der Waals surface area contributed by atoms with Crippen molar-refractivity contribution in [2.75, 3.05) is 0 Å². The lowest BCUT2D eigenvalue weighted by molar-refractivity contribution is -0.144. The standard InChI is InChI=1S/C21H34N6O7/c1-10(2)5-13(22)18(30)25-15(7-16(28)29)19(31)26-14(6-12-8-23-9-24-12)20(32)27-17(11(3)4)21(33)34/h8-11,13-15,17H,5-7,22H2,1-4H3,(H,23,24)(H,25,30)(H,26,31)(H,27,32)(H,28,29)(H,33,34). The number of aromatic nitrogens is 2. The van der Waals surface area contributed by atoms with Crippen LogP contribution in [0.15, 0.2) is 12.5 Å². The number of imidazole rings is 1. The molecule has 0 radical (unpaired) electrons. The van der Waals surface area contributed by atoms with Gasteiger partial charge in [-0.05, 0) is 18.3 Å². The molecule has 1 heterocycles. The van der Waals surface area contributed by atoms with Crippen LogP contribution in [0.3, 0.4) is 0 Å². The smallest absolute Gasteiger partial charge is 0.326 e. The largest absolute Gasteiger partial charge is 0.481 e. The highest BCUT2D eigenvalue weighted by Gasteiger charge is 2.32. The first-order valence-electron chi connectivity index (χ1n) is 10.9. The summed E-state index contributed by atoms with van der Waals surface area (Å²) in [6.45, 7) is 6.93. The number of carboxylic acid groups (broad SMARTS) is 2. The van der Waals surface area contributed by atoms with Crippen LogP contribution in [-0.2, 0) is 30.4 Å². The third-order valence-electron chi connectivity index (χ3n) is 4.92. The number of carbonyl (C=O) groups excluding carboxylic acids is 3. The number of hydrogen-bond donors (Lipinski definition) is 7. The molecule has 13 heteroatoms. The molecule has 0 fully saturated rings. The number of nitrogens with zero attached hydrogens (tertiary/aromatic N) is 1. The monoisotopic (exact) mass is 482 g/mol. The summed E-state index contributed by atoms with van der Waals surface area (Å²) < 4.78 is 0. The number of amides is 3.